The van der Waals surface area contributed by atoms with Crippen molar-refractivity contribution in [1.82, 2.24) is 0 Å². The minimum atomic E-state index is 0.533. The highest BCUT2D eigenvalue weighted by atomic mass is 16.5. The van der Waals surface area contributed by atoms with Crippen LogP contribution in [-0.2, 0) is 4.74 Å². The van der Waals surface area contributed by atoms with Gasteiger partial charge in [0.05, 0.1) is 6.10 Å². The second-order valence-electron chi connectivity index (χ2n) is 4.08. The standard InChI is InChI=1S/C11H23NO/c1-2-10-5-3-6-11(9-10)13-8-4-7-12/h10-11H,2-9,12H2,1H3. The van der Waals surface area contributed by atoms with E-state index in [9.17, 15) is 0 Å². The Morgan fingerprint density at radius 2 is 2.23 bits per heavy atom. The molecule has 1 fully saturated rings. The molecule has 0 amide bonds. The first-order valence-electron chi connectivity index (χ1n) is 5.68. The van der Waals surface area contributed by atoms with Crippen molar-refractivity contribution in [2.45, 2.75) is 51.6 Å². The van der Waals surface area contributed by atoms with E-state index in [4.69, 9.17) is 10.5 Å². The molecule has 2 N–H and O–H groups in total. The van der Waals surface area contributed by atoms with Gasteiger partial charge in [-0.2, -0.15) is 0 Å². The van der Waals surface area contributed by atoms with E-state index >= 15 is 0 Å². The van der Waals surface area contributed by atoms with Gasteiger partial charge in [-0.25, -0.2) is 0 Å². The first kappa shape index (κ1) is 11.0. The number of ether oxygens (including phenoxy) is 1. The van der Waals surface area contributed by atoms with Crippen LogP contribution in [0.5, 0.6) is 0 Å². The quantitative estimate of drug-likeness (QED) is 0.667. The van der Waals surface area contributed by atoms with Crippen LogP contribution in [0.4, 0.5) is 0 Å². The summed E-state index contributed by atoms with van der Waals surface area (Å²) < 4.78 is 5.78. The van der Waals surface area contributed by atoms with Crippen molar-refractivity contribution in [1.29, 1.82) is 0 Å². The van der Waals surface area contributed by atoms with E-state index in [-0.39, 0.29) is 0 Å². The SMILES string of the molecule is CCC1CCCC(OCCCN)C1. The summed E-state index contributed by atoms with van der Waals surface area (Å²) in [7, 11) is 0. The number of nitrogens with two attached hydrogens (primary N) is 1. The maximum atomic E-state index is 5.78. The molecule has 1 saturated carbocycles. The summed E-state index contributed by atoms with van der Waals surface area (Å²) >= 11 is 0. The zero-order chi connectivity index (χ0) is 9.52. The molecule has 0 aromatic carbocycles. The van der Waals surface area contributed by atoms with Crippen LogP contribution in [-0.4, -0.2) is 19.3 Å². The Morgan fingerprint density at radius 1 is 1.38 bits per heavy atom. The molecule has 0 radical (unpaired) electrons. The van der Waals surface area contributed by atoms with E-state index in [1.54, 1.807) is 0 Å². The molecule has 2 nitrogen and oxygen atoms in total. The van der Waals surface area contributed by atoms with Crippen molar-refractivity contribution in [3.8, 4) is 0 Å². The summed E-state index contributed by atoms with van der Waals surface area (Å²) in [6.07, 6.45) is 8.16. The van der Waals surface area contributed by atoms with Gasteiger partial charge in [0.1, 0.15) is 0 Å². The summed E-state index contributed by atoms with van der Waals surface area (Å²) in [4.78, 5) is 0. The molecule has 0 aliphatic heterocycles. The predicted molar refractivity (Wildman–Crippen MR) is 55.7 cm³/mol. The third-order valence-corrected chi connectivity index (χ3v) is 3.01. The monoisotopic (exact) mass is 185 g/mol. The number of rotatable bonds is 5. The fourth-order valence-corrected chi connectivity index (χ4v) is 2.10. The van der Waals surface area contributed by atoms with Crippen LogP contribution < -0.4 is 5.73 Å². The summed E-state index contributed by atoms with van der Waals surface area (Å²) in [5, 5.41) is 0. The summed E-state index contributed by atoms with van der Waals surface area (Å²) in [6, 6.07) is 0. The molecular formula is C11H23NO. The lowest BCUT2D eigenvalue weighted by molar-refractivity contribution is 0.0122. The Morgan fingerprint density at radius 3 is 2.92 bits per heavy atom. The molecule has 0 saturated heterocycles. The van der Waals surface area contributed by atoms with E-state index < -0.39 is 0 Å². The maximum absolute atomic E-state index is 5.78. The highest BCUT2D eigenvalue weighted by molar-refractivity contribution is 4.72. The molecule has 0 aromatic rings. The molecule has 78 valence electrons. The fraction of sp³-hybridized carbons (Fsp3) is 1.00. The average molecular weight is 185 g/mol. The van der Waals surface area contributed by atoms with Crippen LogP contribution in [0.1, 0.15) is 45.4 Å². The molecule has 0 aromatic heterocycles. The molecule has 2 heteroatoms. The lowest BCUT2D eigenvalue weighted by atomic mass is 9.85. The van der Waals surface area contributed by atoms with Crippen molar-refractivity contribution in [2.75, 3.05) is 13.2 Å². The van der Waals surface area contributed by atoms with Crippen molar-refractivity contribution >= 4 is 0 Å². The minimum Gasteiger partial charge on any atom is -0.378 e. The zero-order valence-corrected chi connectivity index (χ0v) is 8.80. The second kappa shape index (κ2) is 6.39. The van der Waals surface area contributed by atoms with Gasteiger partial charge in [0.2, 0.25) is 0 Å². The van der Waals surface area contributed by atoms with Gasteiger partial charge >= 0.3 is 0 Å². The number of hydrogen-bond donors (Lipinski definition) is 1. The predicted octanol–water partition coefficient (Wildman–Crippen LogP) is 2.32. The van der Waals surface area contributed by atoms with E-state index in [1.807, 2.05) is 0 Å². The van der Waals surface area contributed by atoms with Gasteiger partial charge in [-0.05, 0) is 31.7 Å². The van der Waals surface area contributed by atoms with Gasteiger partial charge in [0.15, 0.2) is 0 Å². The maximum Gasteiger partial charge on any atom is 0.0577 e. The van der Waals surface area contributed by atoms with Crippen molar-refractivity contribution in [3.05, 3.63) is 0 Å². The highest BCUT2D eigenvalue weighted by Gasteiger charge is 2.20. The smallest absolute Gasteiger partial charge is 0.0577 e. The summed E-state index contributed by atoms with van der Waals surface area (Å²) in [6.45, 7) is 3.90. The number of hydrogen-bond acceptors (Lipinski definition) is 2. The zero-order valence-electron chi connectivity index (χ0n) is 8.80. The van der Waals surface area contributed by atoms with Crippen LogP contribution >= 0.6 is 0 Å². The van der Waals surface area contributed by atoms with Crippen LogP contribution in [0, 0.1) is 5.92 Å². The summed E-state index contributed by atoms with van der Waals surface area (Å²) in [5.41, 5.74) is 5.42. The first-order valence-corrected chi connectivity index (χ1v) is 5.68. The normalized spacial score (nSPS) is 29.1. The Kier molecular flexibility index (Phi) is 5.40. The molecule has 2 unspecified atom stereocenters. The highest BCUT2D eigenvalue weighted by Crippen LogP contribution is 2.28. The largest absolute Gasteiger partial charge is 0.378 e. The van der Waals surface area contributed by atoms with Gasteiger partial charge in [-0.1, -0.05) is 26.2 Å². The van der Waals surface area contributed by atoms with Crippen molar-refractivity contribution < 1.29 is 4.74 Å². The van der Waals surface area contributed by atoms with Crippen molar-refractivity contribution in [3.63, 3.8) is 0 Å². The molecule has 1 aliphatic rings. The molecule has 0 spiro atoms. The van der Waals surface area contributed by atoms with Crippen LogP contribution in [0.25, 0.3) is 0 Å². The average Bonchev–Trinajstić information content (AvgIpc) is 2.19. The summed E-state index contributed by atoms with van der Waals surface area (Å²) in [5.74, 6) is 0.914. The lowest BCUT2D eigenvalue weighted by Crippen LogP contribution is -2.23. The molecular weight excluding hydrogens is 162 g/mol. The van der Waals surface area contributed by atoms with E-state index in [2.05, 4.69) is 6.92 Å². The Bertz CT molecular complexity index is 127. The Balaban J connectivity index is 2.11. The van der Waals surface area contributed by atoms with Crippen LogP contribution in [0.15, 0.2) is 0 Å². The lowest BCUT2D eigenvalue weighted by Gasteiger charge is -2.28. The first-order chi connectivity index (χ1) is 6.36. The van der Waals surface area contributed by atoms with Gasteiger partial charge in [-0.15, -0.1) is 0 Å². The third kappa shape index (κ3) is 4.10. The van der Waals surface area contributed by atoms with Crippen molar-refractivity contribution in [2.24, 2.45) is 11.7 Å². The fourth-order valence-electron chi connectivity index (χ4n) is 2.10. The molecule has 1 rings (SSSR count). The van der Waals surface area contributed by atoms with Gasteiger partial charge < -0.3 is 10.5 Å². The van der Waals surface area contributed by atoms with E-state index in [0.29, 0.717) is 6.10 Å². The Hall–Kier alpha value is -0.0800. The minimum absolute atomic E-state index is 0.533. The topological polar surface area (TPSA) is 35.2 Å². The molecule has 2 atom stereocenters. The molecule has 1 aliphatic carbocycles. The molecule has 0 heterocycles. The van der Waals surface area contributed by atoms with Gasteiger partial charge in [0, 0.05) is 6.61 Å². The van der Waals surface area contributed by atoms with E-state index in [1.165, 1.54) is 32.1 Å². The molecule has 13 heavy (non-hydrogen) atoms. The van der Waals surface area contributed by atoms with E-state index in [0.717, 1.165) is 25.5 Å². The third-order valence-electron chi connectivity index (χ3n) is 3.01. The van der Waals surface area contributed by atoms with Crippen LogP contribution in [0.3, 0.4) is 0 Å². The van der Waals surface area contributed by atoms with Gasteiger partial charge in [-0.3, -0.25) is 0 Å². The second-order valence-corrected chi connectivity index (χ2v) is 4.08. The Labute approximate surface area is 81.8 Å². The van der Waals surface area contributed by atoms with Gasteiger partial charge in [0.25, 0.3) is 0 Å². The van der Waals surface area contributed by atoms with Crippen LogP contribution in [0.2, 0.25) is 0 Å². The molecule has 0 bridgehead atoms.